The Hall–Kier alpha value is -1.50. The molecule has 1 aliphatic rings. The fourth-order valence-corrected chi connectivity index (χ4v) is 3.89. The molecule has 0 aromatic heterocycles. The van der Waals surface area contributed by atoms with Crippen molar-refractivity contribution in [2.45, 2.75) is 14.7 Å². The van der Waals surface area contributed by atoms with Crippen LogP contribution in [-0.4, -0.2) is 17.2 Å². The standard InChI is InChI=1S/C12H8O4S2/c13-17-11-4-2-1-3-9(11)10-7-8(18(14,15)16)5-6-12(10)17/h1-7H,(H,14,15,16). The molecule has 1 N–H and O–H groups in total. The number of hydrogen-bond acceptors (Lipinski definition) is 3. The number of hydrogen-bond donors (Lipinski definition) is 1. The monoisotopic (exact) mass is 280 g/mol. The van der Waals surface area contributed by atoms with E-state index in [0.29, 0.717) is 15.4 Å². The summed E-state index contributed by atoms with van der Waals surface area (Å²) in [4.78, 5) is 1.05. The van der Waals surface area contributed by atoms with Crippen molar-refractivity contribution < 1.29 is 17.2 Å². The molecular weight excluding hydrogens is 272 g/mol. The first-order chi connectivity index (χ1) is 8.48. The average molecular weight is 280 g/mol. The van der Waals surface area contributed by atoms with Gasteiger partial charge in [-0.25, -0.2) is 4.21 Å². The van der Waals surface area contributed by atoms with Gasteiger partial charge >= 0.3 is 0 Å². The molecule has 0 radical (unpaired) electrons. The second-order valence-corrected chi connectivity index (χ2v) is 6.74. The first-order valence-electron chi connectivity index (χ1n) is 5.11. The van der Waals surface area contributed by atoms with Crippen LogP contribution in [-0.2, 0) is 20.9 Å². The van der Waals surface area contributed by atoms with Crippen molar-refractivity contribution in [3.05, 3.63) is 42.5 Å². The van der Waals surface area contributed by atoms with Crippen LogP contribution in [0.3, 0.4) is 0 Å². The Morgan fingerprint density at radius 2 is 1.61 bits per heavy atom. The van der Waals surface area contributed by atoms with E-state index in [1.807, 2.05) is 0 Å². The summed E-state index contributed by atoms with van der Waals surface area (Å²) in [6.45, 7) is 0. The quantitative estimate of drug-likeness (QED) is 0.693. The predicted octanol–water partition coefficient (Wildman–Crippen LogP) is 2.08. The van der Waals surface area contributed by atoms with Crippen LogP contribution in [0, 0.1) is 0 Å². The van der Waals surface area contributed by atoms with Crippen LogP contribution < -0.4 is 0 Å². The maximum absolute atomic E-state index is 12.1. The molecule has 92 valence electrons. The lowest BCUT2D eigenvalue weighted by Crippen LogP contribution is -1.98. The SMILES string of the molecule is O=S1c2ccccc2-c2cc(S(=O)(=O)O)ccc21. The van der Waals surface area contributed by atoms with Crippen LogP contribution >= 0.6 is 0 Å². The molecule has 0 spiro atoms. The Labute approximate surface area is 106 Å². The van der Waals surface area contributed by atoms with Gasteiger partial charge in [0, 0.05) is 5.56 Å². The number of rotatable bonds is 1. The molecule has 1 atom stereocenters. The Morgan fingerprint density at radius 1 is 0.944 bits per heavy atom. The normalized spacial score (nSPS) is 17.3. The van der Waals surface area contributed by atoms with Gasteiger partial charge < -0.3 is 0 Å². The van der Waals surface area contributed by atoms with Crippen LogP contribution in [0.15, 0.2) is 57.2 Å². The van der Waals surface area contributed by atoms with E-state index in [1.165, 1.54) is 18.2 Å². The molecule has 0 fully saturated rings. The van der Waals surface area contributed by atoms with Crippen molar-refractivity contribution in [3.8, 4) is 11.1 Å². The number of benzene rings is 2. The minimum Gasteiger partial charge on any atom is -0.282 e. The van der Waals surface area contributed by atoms with Crippen molar-refractivity contribution in [1.82, 2.24) is 0 Å². The lowest BCUT2D eigenvalue weighted by Gasteiger charge is -2.01. The van der Waals surface area contributed by atoms with E-state index < -0.39 is 20.9 Å². The molecule has 4 nitrogen and oxygen atoms in total. The van der Waals surface area contributed by atoms with Gasteiger partial charge in [-0.2, -0.15) is 8.42 Å². The number of fused-ring (bicyclic) bond motifs is 3. The molecule has 3 rings (SSSR count). The molecule has 1 aliphatic heterocycles. The van der Waals surface area contributed by atoms with Crippen molar-refractivity contribution in [2.24, 2.45) is 0 Å². The second kappa shape index (κ2) is 3.74. The first-order valence-corrected chi connectivity index (χ1v) is 7.70. The van der Waals surface area contributed by atoms with Crippen LogP contribution in [0.5, 0.6) is 0 Å². The van der Waals surface area contributed by atoms with E-state index in [1.54, 1.807) is 24.3 Å². The van der Waals surface area contributed by atoms with Gasteiger partial charge in [-0.1, -0.05) is 18.2 Å². The molecule has 0 saturated heterocycles. The summed E-state index contributed by atoms with van der Waals surface area (Å²) in [6, 6.07) is 11.2. The highest BCUT2D eigenvalue weighted by atomic mass is 32.2. The first kappa shape index (κ1) is 11.6. The van der Waals surface area contributed by atoms with Crippen LogP contribution in [0.2, 0.25) is 0 Å². The molecule has 6 heteroatoms. The second-order valence-electron chi connectivity index (χ2n) is 3.90. The Morgan fingerprint density at radius 3 is 2.33 bits per heavy atom. The van der Waals surface area contributed by atoms with Gasteiger partial charge in [0.2, 0.25) is 0 Å². The van der Waals surface area contributed by atoms with Crippen LogP contribution in [0.4, 0.5) is 0 Å². The lowest BCUT2D eigenvalue weighted by atomic mass is 10.1. The minimum atomic E-state index is -4.24. The summed E-state index contributed by atoms with van der Waals surface area (Å²) in [5.41, 5.74) is 1.34. The maximum Gasteiger partial charge on any atom is 0.294 e. The molecule has 0 amide bonds. The summed E-state index contributed by atoms with van der Waals surface area (Å²) in [7, 11) is -5.53. The molecule has 18 heavy (non-hydrogen) atoms. The molecule has 0 saturated carbocycles. The fraction of sp³-hybridized carbons (Fsp3) is 0. The highest BCUT2D eigenvalue weighted by Crippen LogP contribution is 2.41. The third-order valence-electron chi connectivity index (χ3n) is 2.83. The van der Waals surface area contributed by atoms with Crippen molar-refractivity contribution in [1.29, 1.82) is 0 Å². The molecule has 1 unspecified atom stereocenters. The highest BCUT2D eigenvalue weighted by Gasteiger charge is 2.26. The summed E-state index contributed by atoms with van der Waals surface area (Å²) in [5, 5.41) is 0. The van der Waals surface area contributed by atoms with E-state index in [0.717, 1.165) is 5.56 Å². The molecular formula is C12H8O4S2. The van der Waals surface area contributed by atoms with Gasteiger partial charge in [-0.3, -0.25) is 4.55 Å². The molecule has 2 aromatic carbocycles. The summed E-state index contributed by atoms with van der Waals surface area (Å²) >= 11 is 0. The largest absolute Gasteiger partial charge is 0.294 e. The van der Waals surface area contributed by atoms with Gasteiger partial charge in [-0.15, -0.1) is 0 Å². The van der Waals surface area contributed by atoms with E-state index in [-0.39, 0.29) is 4.90 Å². The average Bonchev–Trinajstić information content (AvgIpc) is 2.63. The molecule has 0 aliphatic carbocycles. The Balaban J connectivity index is 2.33. The summed E-state index contributed by atoms with van der Waals surface area (Å²) in [5.74, 6) is 0. The van der Waals surface area contributed by atoms with Gasteiger partial charge in [0.25, 0.3) is 10.1 Å². The maximum atomic E-state index is 12.1. The van der Waals surface area contributed by atoms with Gasteiger partial charge in [0.1, 0.15) is 0 Å². The van der Waals surface area contributed by atoms with Crippen molar-refractivity contribution in [3.63, 3.8) is 0 Å². The van der Waals surface area contributed by atoms with Gasteiger partial charge in [0.15, 0.2) is 0 Å². The van der Waals surface area contributed by atoms with E-state index >= 15 is 0 Å². The predicted molar refractivity (Wildman–Crippen MR) is 66.4 cm³/mol. The van der Waals surface area contributed by atoms with Crippen molar-refractivity contribution in [2.75, 3.05) is 0 Å². The zero-order chi connectivity index (χ0) is 12.9. The van der Waals surface area contributed by atoms with Crippen LogP contribution in [0.1, 0.15) is 0 Å². The molecule has 1 heterocycles. The fourth-order valence-electron chi connectivity index (χ4n) is 2.01. The van der Waals surface area contributed by atoms with E-state index in [2.05, 4.69) is 0 Å². The lowest BCUT2D eigenvalue weighted by molar-refractivity contribution is 0.483. The third kappa shape index (κ3) is 1.61. The van der Waals surface area contributed by atoms with E-state index in [4.69, 9.17) is 4.55 Å². The van der Waals surface area contributed by atoms with Crippen LogP contribution in [0.25, 0.3) is 11.1 Å². The van der Waals surface area contributed by atoms with Gasteiger partial charge in [0.05, 0.1) is 25.5 Å². The summed E-state index contributed by atoms with van der Waals surface area (Å²) in [6.07, 6.45) is 0. The topological polar surface area (TPSA) is 71.4 Å². The zero-order valence-corrected chi connectivity index (χ0v) is 10.7. The summed E-state index contributed by atoms with van der Waals surface area (Å²) < 4.78 is 43.4. The van der Waals surface area contributed by atoms with Crippen molar-refractivity contribution >= 4 is 20.9 Å². The third-order valence-corrected chi connectivity index (χ3v) is 5.19. The zero-order valence-electron chi connectivity index (χ0n) is 9.03. The van der Waals surface area contributed by atoms with Gasteiger partial charge in [-0.05, 0) is 29.8 Å². The molecule has 2 aromatic rings. The highest BCUT2D eigenvalue weighted by molar-refractivity contribution is 7.86. The Kier molecular flexibility index (Phi) is 2.41. The smallest absolute Gasteiger partial charge is 0.282 e. The Bertz CT molecular complexity index is 778. The minimum absolute atomic E-state index is 0.185. The van der Waals surface area contributed by atoms with E-state index in [9.17, 15) is 12.6 Å². The molecule has 0 bridgehead atoms.